The van der Waals surface area contributed by atoms with Crippen molar-refractivity contribution in [3.63, 3.8) is 0 Å². The summed E-state index contributed by atoms with van der Waals surface area (Å²) in [5.74, 6) is 1.62. The van der Waals surface area contributed by atoms with E-state index in [1.54, 1.807) is 0 Å². The molecule has 0 N–H and O–H groups in total. The summed E-state index contributed by atoms with van der Waals surface area (Å²) in [5.41, 5.74) is 0.347. The lowest BCUT2D eigenvalue weighted by Crippen LogP contribution is -2.49. The van der Waals surface area contributed by atoms with Crippen LogP contribution >= 0.6 is 11.8 Å². The maximum Gasteiger partial charge on any atom is 0.171 e. The van der Waals surface area contributed by atoms with Crippen molar-refractivity contribution in [3.8, 4) is 0 Å². The quantitative estimate of drug-likeness (QED) is 0.625. The summed E-state index contributed by atoms with van der Waals surface area (Å²) in [5, 5.41) is 0. The number of hydrogen-bond donors (Lipinski definition) is 0. The van der Waals surface area contributed by atoms with E-state index in [1.165, 1.54) is 37.9 Å². The van der Waals surface area contributed by atoms with Gasteiger partial charge < -0.3 is 0 Å². The Balaban J connectivity index is 2.05. The van der Waals surface area contributed by atoms with Gasteiger partial charge in [0.15, 0.2) is 5.78 Å². The molecule has 0 aromatic heterocycles. The van der Waals surface area contributed by atoms with Crippen LogP contribution in [0.4, 0.5) is 0 Å². The highest BCUT2D eigenvalue weighted by Gasteiger charge is 2.58. The maximum absolute atomic E-state index is 12.3. The molecule has 0 aromatic rings. The second kappa shape index (κ2) is 3.38. The summed E-state index contributed by atoms with van der Waals surface area (Å²) in [6, 6.07) is 0. The number of hydrogen-bond acceptors (Lipinski definition) is 2. The summed E-state index contributed by atoms with van der Waals surface area (Å²) in [7, 11) is 0. The Morgan fingerprint density at radius 1 is 1.13 bits per heavy atom. The topological polar surface area (TPSA) is 17.1 Å². The molecule has 3 aliphatic rings. The van der Waals surface area contributed by atoms with Crippen LogP contribution in [0, 0.1) is 5.41 Å². The van der Waals surface area contributed by atoms with Crippen molar-refractivity contribution >= 4 is 17.5 Å². The van der Waals surface area contributed by atoms with Crippen LogP contribution in [0.1, 0.15) is 44.9 Å². The average molecular weight is 222 g/mol. The van der Waals surface area contributed by atoms with Crippen molar-refractivity contribution in [1.82, 2.24) is 0 Å². The normalized spacial score (nSPS) is 38.3. The van der Waals surface area contributed by atoms with Gasteiger partial charge in [-0.3, -0.25) is 4.79 Å². The lowest BCUT2D eigenvalue weighted by atomic mass is 9.65. The molecule has 0 radical (unpaired) electrons. The predicted molar refractivity (Wildman–Crippen MR) is 64.1 cm³/mol. The first-order chi connectivity index (χ1) is 7.29. The highest BCUT2D eigenvalue weighted by molar-refractivity contribution is 8.01. The van der Waals surface area contributed by atoms with E-state index in [1.807, 2.05) is 17.8 Å². The molecule has 1 heterocycles. The predicted octanol–water partition coefficient (Wildman–Crippen LogP) is 3.34. The van der Waals surface area contributed by atoms with Gasteiger partial charge in [-0.05, 0) is 49.3 Å². The number of carbonyl (C=O) groups is 1. The van der Waals surface area contributed by atoms with Gasteiger partial charge in [0.2, 0.25) is 0 Å². The molecule has 2 fully saturated rings. The summed E-state index contributed by atoms with van der Waals surface area (Å²) in [6.45, 7) is 0. The minimum atomic E-state index is -0.00174. The Labute approximate surface area is 95.7 Å². The number of fused-ring (bicyclic) bond motifs is 1. The fraction of sp³-hybridized carbons (Fsp3) is 0.769. The molecular formula is C13H18OS. The van der Waals surface area contributed by atoms with E-state index in [9.17, 15) is 4.79 Å². The summed E-state index contributed by atoms with van der Waals surface area (Å²) in [6.07, 6.45) is 12.8. The van der Waals surface area contributed by atoms with Gasteiger partial charge in [0, 0.05) is 0 Å². The van der Waals surface area contributed by atoms with Crippen LogP contribution in [-0.4, -0.2) is 16.3 Å². The van der Waals surface area contributed by atoms with E-state index in [-0.39, 0.29) is 4.75 Å². The number of thioether (sulfide) groups is 1. The molecule has 1 nitrogen and oxygen atoms in total. The third kappa shape index (κ3) is 1.20. The van der Waals surface area contributed by atoms with Gasteiger partial charge >= 0.3 is 0 Å². The van der Waals surface area contributed by atoms with Crippen LogP contribution in [0.15, 0.2) is 12.2 Å². The molecule has 1 atom stereocenters. The van der Waals surface area contributed by atoms with Crippen molar-refractivity contribution in [2.24, 2.45) is 5.41 Å². The molecule has 2 spiro atoms. The van der Waals surface area contributed by atoms with Crippen molar-refractivity contribution in [1.29, 1.82) is 0 Å². The number of allylic oxidation sites excluding steroid dienone is 2. The van der Waals surface area contributed by atoms with Crippen LogP contribution in [0.25, 0.3) is 0 Å². The third-order valence-corrected chi connectivity index (χ3v) is 6.44. The van der Waals surface area contributed by atoms with E-state index < -0.39 is 0 Å². The molecule has 0 aromatic carbocycles. The van der Waals surface area contributed by atoms with Gasteiger partial charge in [-0.25, -0.2) is 0 Å². The Morgan fingerprint density at radius 2 is 1.93 bits per heavy atom. The first kappa shape index (κ1) is 9.95. The standard InChI is InChI=1S/C13H18OS/c14-11-5-3-8-12(6-1-2-7-12)13(11)9-4-10-15-13/h3,5H,1-2,4,6-10H2. The Morgan fingerprint density at radius 3 is 2.60 bits per heavy atom. The minimum absolute atomic E-state index is 0.00174. The SMILES string of the molecule is O=C1C=CCC2(CCCC2)C12CCCS2. The second-order valence-electron chi connectivity index (χ2n) is 5.24. The molecule has 82 valence electrons. The second-order valence-corrected chi connectivity index (χ2v) is 6.63. The fourth-order valence-electron chi connectivity index (χ4n) is 3.86. The molecule has 2 aliphatic carbocycles. The largest absolute Gasteiger partial charge is 0.293 e. The highest BCUT2D eigenvalue weighted by atomic mass is 32.2. The molecule has 0 bridgehead atoms. The maximum atomic E-state index is 12.3. The molecular weight excluding hydrogens is 204 g/mol. The summed E-state index contributed by atoms with van der Waals surface area (Å²) < 4.78 is -0.00174. The highest BCUT2D eigenvalue weighted by Crippen LogP contribution is 2.61. The first-order valence-corrected chi connectivity index (χ1v) is 7.13. The van der Waals surface area contributed by atoms with Crippen molar-refractivity contribution in [2.75, 3.05) is 5.75 Å². The first-order valence-electron chi connectivity index (χ1n) is 6.14. The van der Waals surface area contributed by atoms with Crippen molar-refractivity contribution in [2.45, 2.75) is 49.7 Å². The molecule has 2 heteroatoms. The van der Waals surface area contributed by atoms with E-state index in [0.29, 0.717) is 11.2 Å². The fourth-order valence-corrected chi connectivity index (χ4v) is 5.59. The van der Waals surface area contributed by atoms with E-state index in [4.69, 9.17) is 0 Å². The monoisotopic (exact) mass is 222 g/mol. The van der Waals surface area contributed by atoms with Crippen LogP contribution in [0.2, 0.25) is 0 Å². The number of ketones is 1. The zero-order valence-corrected chi connectivity index (χ0v) is 9.94. The van der Waals surface area contributed by atoms with E-state index in [2.05, 4.69) is 6.08 Å². The smallest absolute Gasteiger partial charge is 0.171 e. The number of carbonyl (C=O) groups excluding carboxylic acids is 1. The van der Waals surface area contributed by atoms with Crippen molar-refractivity contribution in [3.05, 3.63) is 12.2 Å². The zero-order valence-electron chi connectivity index (χ0n) is 9.13. The molecule has 1 aliphatic heterocycles. The molecule has 1 saturated heterocycles. The molecule has 1 saturated carbocycles. The Kier molecular flexibility index (Phi) is 2.24. The zero-order chi connectivity index (χ0) is 10.4. The van der Waals surface area contributed by atoms with Gasteiger partial charge in [-0.15, -0.1) is 11.8 Å². The summed E-state index contributed by atoms with van der Waals surface area (Å²) in [4.78, 5) is 12.3. The lowest BCUT2D eigenvalue weighted by molar-refractivity contribution is -0.120. The van der Waals surface area contributed by atoms with Crippen LogP contribution in [0.3, 0.4) is 0 Å². The van der Waals surface area contributed by atoms with Gasteiger partial charge in [-0.2, -0.15) is 0 Å². The molecule has 1 unspecified atom stereocenters. The summed E-state index contributed by atoms with van der Waals surface area (Å²) >= 11 is 1.97. The van der Waals surface area contributed by atoms with Gasteiger partial charge in [0.1, 0.15) is 0 Å². The van der Waals surface area contributed by atoms with Crippen LogP contribution in [-0.2, 0) is 4.79 Å². The van der Waals surface area contributed by atoms with E-state index in [0.717, 1.165) is 12.8 Å². The van der Waals surface area contributed by atoms with Crippen LogP contribution < -0.4 is 0 Å². The van der Waals surface area contributed by atoms with Crippen molar-refractivity contribution < 1.29 is 4.79 Å². The Bertz CT molecular complexity index is 306. The average Bonchev–Trinajstić information content (AvgIpc) is 2.84. The lowest BCUT2D eigenvalue weighted by Gasteiger charge is -2.46. The van der Waals surface area contributed by atoms with E-state index >= 15 is 0 Å². The molecule has 0 amide bonds. The Hall–Kier alpha value is -0.240. The third-order valence-electron chi connectivity index (χ3n) is 4.61. The molecule has 3 rings (SSSR count). The van der Waals surface area contributed by atoms with Gasteiger partial charge in [0.25, 0.3) is 0 Å². The molecule has 15 heavy (non-hydrogen) atoms. The van der Waals surface area contributed by atoms with Gasteiger partial charge in [0.05, 0.1) is 4.75 Å². The minimum Gasteiger partial charge on any atom is -0.293 e. The van der Waals surface area contributed by atoms with Gasteiger partial charge in [-0.1, -0.05) is 18.9 Å². The van der Waals surface area contributed by atoms with Crippen LogP contribution in [0.5, 0.6) is 0 Å². The number of rotatable bonds is 0.